The number of hydrogen-bond donors (Lipinski definition) is 1. The summed E-state index contributed by atoms with van der Waals surface area (Å²) in [7, 11) is 1.71. The van der Waals surface area contributed by atoms with Gasteiger partial charge in [0.25, 0.3) is 0 Å². The van der Waals surface area contributed by atoms with Gasteiger partial charge in [-0.3, -0.25) is 4.79 Å². The average molecular weight is 351 g/mol. The smallest absolute Gasteiger partial charge is 0.233 e. The summed E-state index contributed by atoms with van der Waals surface area (Å²) < 4.78 is 5.48. The zero-order chi connectivity index (χ0) is 17.4. The number of piperidine rings is 1. The molecule has 0 spiro atoms. The molecule has 1 aromatic carbocycles. The first-order valence-electron chi connectivity index (χ1n) is 8.95. The molecule has 134 valence electrons. The second-order valence-electron chi connectivity index (χ2n) is 6.33. The van der Waals surface area contributed by atoms with Crippen molar-refractivity contribution in [2.24, 2.45) is 0 Å². The number of rotatable bonds is 8. The van der Waals surface area contributed by atoms with E-state index in [0.29, 0.717) is 0 Å². The Morgan fingerprint density at radius 1 is 1.46 bits per heavy atom. The van der Waals surface area contributed by atoms with Crippen molar-refractivity contribution < 1.29 is 9.53 Å². The van der Waals surface area contributed by atoms with Gasteiger partial charge < -0.3 is 15.0 Å². The number of para-hydroxylation sites is 2. The number of hydrogen-bond acceptors (Lipinski definition) is 4. The van der Waals surface area contributed by atoms with Gasteiger partial charge in [0.1, 0.15) is 5.75 Å². The van der Waals surface area contributed by atoms with Gasteiger partial charge in [-0.2, -0.15) is 0 Å². The second-order valence-corrected chi connectivity index (χ2v) is 7.78. The molecule has 24 heavy (non-hydrogen) atoms. The number of carbonyl (C=O) groups is 1. The number of methoxy groups -OCH3 is 1. The van der Waals surface area contributed by atoms with Gasteiger partial charge >= 0.3 is 0 Å². The minimum atomic E-state index is 0.0261. The zero-order valence-corrected chi connectivity index (χ0v) is 15.9. The van der Waals surface area contributed by atoms with Crippen molar-refractivity contribution in [3.63, 3.8) is 0 Å². The van der Waals surface area contributed by atoms with Crippen LogP contribution in [-0.2, 0) is 4.79 Å². The van der Waals surface area contributed by atoms with E-state index in [1.54, 1.807) is 18.9 Å². The molecule has 0 aromatic heterocycles. The van der Waals surface area contributed by atoms with E-state index in [2.05, 4.69) is 23.2 Å². The molecule has 5 heteroatoms. The molecular weight excluding hydrogens is 320 g/mol. The highest BCUT2D eigenvalue weighted by Gasteiger charge is 2.24. The summed E-state index contributed by atoms with van der Waals surface area (Å²) in [6, 6.07) is 8.31. The number of amides is 1. The minimum Gasteiger partial charge on any atom is -0.495 e. The zero-order valence-electron chi connectivity index (χ0n) is 15.1. The minimum absolute atomic E-state index is 0.0261. The highest BCUT2D eigenvalue weighted by Crippen LogP contribution is 2.30. The van der Waals surface area contributed by atoms with E-state index in [1.165, 1.54) is 12.8 Å². The number of nitrogens with one attached hydrogen (secondary N) is 1. The molecule has 0 aliphatic carbocycles. The Labute approximate surface area is 150 Å². The SMILES string of the molecule is CCCCSC(C)C(=O)NC1CCCN(c2ccccc2OC)C1. The van der Waals surface area contributed by atoms with Crippen LogP contribution in [0.15, 0.2) is 24.3 Å². The van der Waals surface area contributed by atoms with E-state index in [0.717, 1.165) is 43.1 Å². The third-order valence-corrected chi connectivity index (χ3v) is 5.67. The Morgan fingerprint density at radius 2 is 2.25 bits per heavy atom. The summed E-state index contributed by atoms with van der Waals surface area (Å²) >= 11 is 1.76. The molecule has 2 unspecified atom stereocenters. The van der Waals surface area contributed by atoms with Crippen molar-refractivity contribution >= 4 is 23.4 Å². The van der Waals surface area contributed by atoms with Crippen molar-refractivity contribution in [2.45, 2.75) is 50.8 Å². The summed E-state index contributed by atoms with van der Waals surface area (Å²) in [5.74, 6) is 2.12. The lowest BCUT2D eigenvalue weighted by atomic mass is 10.0. The summed E-state index contributed by atoms with van der Waals surface area (Å²) in [5.41, 5.74) is 1.12. The van der Waals surface area contributed by atoms with E-state index in [4.69, 9.17) is 4.74 Å². The van der Waals surface area contributed by atoms with Gasteiger partial charge in [0.2, 0.25) is 5.91 Å². The first-order valence-corrected chi connectivity index (χ1v) is 10.0. The van der Waals surface area contributed by atoms with Crippen LogP contribution < -0.4 is 15.0 Å². The van der Waals surface area contributed by atoms with Crippen LogP contribution in [0.4, 0.5) is 5.69 Å². The first kappa shape index (κ1) is 19.0. The second kappa shape index (κ2) is 9.82. The third-order valence-electron chi connectivity index (χ3n) is 4.43. The number of nitrogens with zero attached hydrogens (tertiary/aromatic N) is 1. The van der Waals surface area contributed by atoms with Gasteiger partial charge in [-0.1, -0.05) is 25.5 Å². The number of carbonyl (C=O) groups excluding carboxylic acids is 1. The van der Waals surface area contributed by atoms with Gasteiger partial charge in [-0.25, -0.2) is 0 Å². The Balaban J connectivity index is 1.90. The van der Waals surface area contributed by atoms with Crippen molar-refractivity contribution in [3.8, 4) is 5.75 Å². The lowest BCUT2D eigenvalue weighted by molar-refractivity contribution is -0.121. The molecule has 0 radical (unpaired) electrons. The monoisotopic (exact) mass is 350 g/mol. The Bertz CT molecular complexity index is 524. The van der Waals surface area contributed by atoms with E-state index >= 15 is 0 Å². The molecule has 1 aromatic rings. The number of benzene rings is 1. The Morgan fingerprint density at radius 3 is 3.00 bits per heavy atom. The summed E-state index contributed by atoms with van der Waals surface area (Å²) in [6.45, 7) is 6.04. The maximum absolute atomic E-state index is 12.4. The molecule has 1 N–H and O–H groups in total. The summed E-state index contributed by atoms with van der Waals surface area (Å²) in [6.07, 6.45) is 4.48. The molecule has 0 saturated carbocycles. The van der Waals surface area contributed by atoms with E-state index < -0.39 is 0 Å². The van der Waals surface area contributed by atoms with Crippen LogP contribution in [0.1, 0.15) is 39.5 Å². The van der Waals surface area contributed by atoms with E-state index in [9.17, 15) is 4.79 Å². The van der Waals surface area contributed by atoms with Gasteiger partial charge in [0.05, 0.1) is 18.0 Å². The number of thioether (sulfide) groups is 1. The Hall–Kier alpha value is -1.36. The third kappa shape index (κ3) is 5.33. The molecular formula is C19H30N2O2S. The summed E-state index contributed by atoms with van der Waals surface area (Å²) in [4.78, 5) is 14.7. The van der Waals surface area contributed by atoms with Crippen molar-refractivity contribution in [2.75, 3.05) is 30.9 Å². The lowest BCUT2D eigenvalue weighted by Gasteiger charge is -2.35. The highest BCUT2D eigenvalue weighted by atomic mass is 32.2. The fraction of sp³-hybridized carbons (Fsp3) is 0.632. The fourth-order valence-corrected chi connectivity index (χ4v) is 4.03. The van der Waals surface area contributed by atoms with Crippen LogP contribution in [0.25, 0.3) is 0 Å². The van der Waals surface area contributed by atoms with Gasteiger partial charge in [-0.05, 0) is 44.1 Å². The number of ether oxygens (including phenoxy) is 1. The number of anilines is 1. The van der Waals surface area contributed by atoms with Crippen LogP contribution in [0.5, 0.6) is 5.75 Å². The molecule has 0 bridgehead atoms. The van der Waals surface area contributed by atoms with Crippen LogP contribution in [0.2, 0.25) is 0 Å². The normalized spacial score (nSPS) is 19.0. The molecule has 1 aliphatic rings. The van der Waals surface area contributed by atoms with Crippen LogP contribution >= 0.6 is 11.8 Å². The predicted molar refractivity (Wildman–Crippen MR) is 103 cm³/mol. The molecule has 1 amide bonds. The standard InChI is InChI=1S/C19H30N2O2S/c1-4-5-13-24-15(2)19(22)20-16-9-8-12-21(14-16)17-10-6-7-11-18(17)23-3/h6-7,10-11,15-16H,4-5,8-9,12-14H2,1-3H3,(H,20,22). The van der Waals surface area contributed by atoms with Gasteiger partial charge in [0, 0.05) is 19.1 Å². The molecule has 1 fully saturated rings. The van der Waals surface area contributed by atoms with Gasteiger partial charge in [-0.15, -0.1) is 11.8 Å². The molecule has 2 rings (SSSR count). The maximum atomic E-state index is 12.4. The van der Waals surface area contributed by atoms with Crippen LogP contribution in [-0.4, -0.2) is 43.2 Å². The summed E-state index contributed by atoms with van der Waals surface area (Å²) in [5, 5.41) is 3.27. The first-order chi connectivity index (χ1) is 11.7. The fourth-order valence-electron chi connectivity index (χ4n) is 3.00. The predicted octanol–water partition coefficient (Wildman–Crippen LogP) is 3.70. The van der Waals surface area contributed by atoms with Gasteiger partial charge in [0.15, 0.2) is 0 Å². The van der Waals surface area contributed by atoms with Crippen LogP contribution in [0, 0.1) is 0 Å². The lowest BCUT2D eigenvalue weighted by Crippen LogP contribution is -2.49. The quantitative estimate of drug-likeness (QED) is 0.726. The maximum Gasteiger partial charge on any atom is 0.233 e. The highest BCUT2D eigenvalue weighted by molar-refractivity contribution is 8.00. The molecule has 4 nitrogen and oxygen atoms in total. The van der Waals surface area contributed by atoms with E-state index in [-0.39, 0.29) is 17.2 Å². The van der Waals surface area contributed by atoms with Crippen molar-refractivity contribution in [1.29, 1.82) is 0 Å². The molecule has 2 atom stereocenters. The number of unbranched alkanes of at least 4 members (excludes halogenated alkanes) is 1. The molecule has 1 saturated heterocycles. The Kier molecular flexibility index (Phi) is 7.76. The topological polar surface area (TPSA) is 41.6 Å². The van der Waals surface area contributed by atoms with E-state index in [1.807, 2.05) is 25.1 Å². The average Bonchev–Trinajstić information content (AvgIpc) is 2.62. The van der Waals surface area contributed by atoms with Crippen molar-refractivity contribution in [3.05, 3.63) is 24.3 Å². The molecule has 1 aliphatic heterocycles. The van der Waals surface area contributed by atoms with Crippen LogP contribution in [0.3, 0.4) is 0 Å². The van der Waals surface area contributed by atoms with Crippen molar-refractivity contribution in [1.82, 2.24) is 5.32 Å². The largest absolute Gasteiger partial charge is 0.495 e. The molecule has 1 heterocycles.